The summed E-state index contributed by atoms with van der Waals surface area (Å²) in [4.78, 5) is 25.7. The summed E-state index contributed by atoms with van der Waals surface area (Å²) in [5.74, 6) is -0.197. The van der Waals surface area contributed by atoms with E-state index >= 15 is 0 Å². The molecule has 2 rings (SSSR count). The highest BCUT2D eigenvalue weighted by molar-refractivity contribution is 6.30. The predicted octanol–water partition coefficient (Wildman–Crippen LogP) is 2.22. The van der Waals surface area contributed by atoms with E-state index in [-0.39, 0.29) is 17.7 Å². The Morgan fingerprint density at radius 1 is 1.32 bits per heavy atom. The Kier molecular flexibility index (Phi) is 4.96. The van der Waals surface area contributed by atoms with Crippen LogP contribution in [0.4, 0.5) is 0 Å². The third-order valence-corrected chi connectivity index (χ3v) is 4.06. The van der Waals surface area contributed by atoms with Crippen LogP contribution in [-0.2, 0) is 9.59 Å². The summed E-state index contributed by atoms with van der Waals surface area (Å²) < 4.78 is 5.80. The fourth-order valence-corrected chi connectivity index (χ4v) is 2.74. The molecule has 1 saturated heterocycles. The smallest absolute Gasteiger partial charge is 0.266 e. The van der Waals surface area contributed by atoms with Crippen molar-refractivity contribution in [3.63, 3.8) is 0 Å². The number of halogens is 1. The molecule has 1 heterocycles. The van der Waals surface area contributed by atoms with Gasteiger partial charge in [0.2, 0.25) is 5.91 Å². The number of primary amides is 1. The first-order valence-electron chi connectivity index (χ1n) is 7.33. The van der Waals surface area contributed by atoms with Crippen LogP contribution in [0.1, 0.15) is 26.7 Å². The molecule has 0 aliphatic carbocycles. The molecule has 1 aromatic rings. The average Bonchev–Trinajstić information content (AvgIpc) is 2.48. The van der Waals surface area contributed by atoms with Gasteiger partial charge in [-0.1, -0.05) is 11.6 Å². The molecular formula is C16H21ClN2O3. The molecule has 0 radical (unpaired) electrons. The molecule has 5 nitrogen and oxygen atoms in total. The largest absolute Gasteiger partial charge is 0.478 e. The lowest BCUT2D eigenvalue weighted by Gasteiger charge is -2.36. The van der Waals surface area contributed by atoms with Crippen LogP contribution in [-0.4, -0.2) is 35.4 Å². The molecule has 1 aromatic carbocycles. The minimum atomic E-state index is -1.02. The van der Waals surface area contributed by atoms with Crippen LogP contribution < -0.4 is 10.5 Å². The molecule has 1 aliphatic heterocycles. The van der Waals surface area contributed by atoms with Crippen molar-refractivity contribution in [1.29, 1.82) is 0 Å². The van der Waals surface area contributed by atoms with Crippen molar-refractivity contribution in [2.24, 2.45) is 11.7 Å². The summed E-state index contributed by atoms with van der Waals surface area (Å²) >= 11 is 5.84. The van der Waals surface area contributed by atoms with Gasteiger partial charge in [-0.15, -0.1) is 0 Å². The summed E-state index contributed by atoms with van der Waals surface area (Å²) in [6, 6.07) is 6.86. The standard InChI is InChI=1S/C16H21ClN2O3/c1-16(2,22-13-7-5-12(17)6-8-13)15(21)19-9-3-4-11(10-19)14(18)20/h5-8,11H,3-4,9-10H2,1-2H3,(H2,18,20). The Morgan fingerprint density at radius 2 is 1.95 bits per heavy atom. The molecular weight excluding hydrogens is 304 g/mol. The number of carbonyl (C=O) groups is 2. The molecule has 0 bridgehead atoms. The normalized spacial score (nSPS) is 18.9. The second-order valence-corrected chi connectivity index (χ2v) is 6.50. The minimum Gasteiger partial charge on any atom is -0.478 e. The van der Waals surface area contributed by atoms with Crippen molar-refractivity contribution in [2.45, 2.75) is 32.3 Å². The molecule has 2 N–H and O–H groups in total. The van der Waals surface area contributed by atoms with Crippen LogP contribution in [0.15, 0.2) is 24.3 Å². The Balaban J connectivity index is 2.06. The fourth-order valence-electron chi connectivity index (χ4n) is 2.62. The average molecular weight is 325 g/mol. The molecule has 0 aromatic heterocycles. The minimum absolute atomic E-state index is 0.145. The van der Waals surface area contributed by atoms with Gasteiger partial charge in [0.15, 0.2) is 5.60 Å². The van der Waals surface area contributed by atoms with Gasteiger partial charge in [-0.3, -0.25) is 9.59 Å². The molecule has 1 aliphatic rings. The first kappa shape index (κ1) is 16.6. The molecule has 2 amide bonds. The zero-order valence-corrected chi connectivity index (χ0v) is 13.6. The van der Waals surface area contributed by atoms with Gasteiger partial charge in [-0.2, -0.15) is 0 Å². The molecule has 22 heavy (non-hydrogen) atoms. The quantitative estimate of drug-likeness (QED) is 0.923. The maximum absolute atomic E-state index is 12.7. The van der Waals surface area contributed by atoms with Crippen LogP contribution >= 0.6 is 11.6 Å². The van der Waals surface area contributed by atoms with Gasteiger partial charge in [0.1, 0.15) is 5.75 Å². The van der Waals surface area contributed by atoms with E-state index in [1.807, 2.05) is 0 Å². The number of rotatable bonds is 4. The van der Waals surface area contributed by atoms with E-state index in [2.05, 4.69) is 0 Å². The summed E-state index contributed by atoms with van der Waals surface area (Å²) in [5, 5.41) is 0.608. The van der Waals surface area contributed by atoms with Crippen molar-refractivity contribution in [3.05, 3.63) is 29.3 Å². The zero-order valence-electron chi connectivity index (χ0n) is 12.8. The molecule has 0 saturated carbocycles. The van der Waals surface area contributed by atoms with E-state index in [1.54, 1.807) is 43.0 Å². The van der Waals surface area contributed by atoms with Gasteiger partial charge in [-0.25, -0.2) is 0 Å². The van der Waals surface area contributed by atoms with Crippen LogP contribution in [0.2, 0.25) is 5.02 Å². The lowest BCUT2D eigenvalue weighted by Crippen LogP contribution is -2.53. The highest BCUT2D eigenvalue weighted by Crippen LogP contribution is 2.24. The Hall–Kier alpha value is -1.75. The highest BCUT2D eigenvalue weighted by Gasteiger charge is 2.37. The van der Waals surface area contributed by atoms with E-state index in [0.717, 1.165) is 12.8 Å². The number of benzene rings is 1. The second-order valence-electron chi connectivity index (χ2n) is 6.06. The van der Waals surface area contributed by atoms with E-state index in [1.165, 1.54) is 0 Å². The molecule has 1 fully saturated rings. The zero-order chi connectivity index (χ0) is 16.3. The van der Waals surface area contributed by atoms with Gasteiger partial charge in [0.25, 0.3) is 5.91 Å². The van der Waals surface area contributed by atoms with E-state index in [4.69, 9.17) is 22.1 Å². The van der Waals surface area contributed by atoms with Crippen molar-refractivity contribution in [3.8, 4) is 5.75 Å². The highest BCUT2D eigenvalue weighted by atomic mass is 35.5. The number of ether oxygens (including phenoxy) is 1. The molecule has 1 atom stereocenters. The number of hydrogen-bond donors (Lipinski definition) is 1. The first-order valence-corrected chi connectivity index (χ1v) is 7.70. The number of amides is 2. The van der Waals surface area contributed by atoms with E-state index in [0.29, 0.717) is 23.9 Å². The van der Waals surface area contributed by atoms with Crippen LogP contribution in [0.5, 0.6) is 5.75 Å². The Bertz CT molecular complexity index is 557. The summed E-state index contributed by atoms with van der Waals surface area (Å²) in [5.41, 5.74) is 4.34. The second kappa shape index (κ2) is 6.57. The number of likely N-dealkylation sites (tertiary alicyclic amines) is 1. The number of nitrogens with zero attached hydrogens (tertiary/aromatic N) is 1. The third kappa shape index (κ3) is 3.91. The molecule has 0 spiro atoms. The fraction of sp³-hybridized carbons (Fsp3) is 0.500. The number of hydrogen-bond acceptors (Lipinski definition) is 3. The van der Waals surface area contributed by atoms with Gasteiger partial charge >= 0.3 is 0 Å². The molecule has 120 valence electrons. The lowest BCUT2D eigenvalue weighted by molar-refractivity contribution is -0.148. The van der Waals surface area contributed by atoms with Crippen LogP contribution in [0, 0.1) is 5.92 Å². The summed E-state index contributed by atoms with van der Waals surface area (Å²) in [6.45, 7) is 4.42. The lowest BCUT2D eigenvalue weighted by atomic mass is 9.95. The monoisotopic (exact) mass is 324 g/mol. The predicted molar refractivity (Wildman–Crippen MR) is 84.7 cm³/mol. The maximum atomic E-state index is 12.7. The van der Waals surface area contributed by atoms with E-state index < -0.39 is 5.60 Å². The Morgan fingerprint density at radius 3 is 2.55 bits per heavy atom. The van der Waals surface area contributed by atoms with Gasteiger partial charge in [0, 0.05) is 18.1 Å². The SMILES string of the molecule is CC(C)(Oc1ccc(Cl)cc1)C(=O)N1CCCC(C(N)=O)C1. The van der Waals surface area contributed by atoms with Gasteiger partial charge in [0.05, 0.1) is 5.92 Å². The van der Waals surface area contributed by atoms with E-state index in [9.17, 15) is 9.59 Å². The van der Waals surface area contributed by atoms with Gasteiger partial charge < -0.3 is 15.4 Å². The van der Waals surface area contributed by atoms with Crippen molar-refractivity contribution in [1.82, 2.24) is 4.90 Å². The van der Waals surface area contributed by atoms with Crippen molar-refractivity contribution >= 4 is 23.4 Å². The third-order valence-electron chi connectivity index (χ3n) is 3.81. The number of nitrogens with two attached hydrogens (primary N) is 1. The molecule has 6 heteroatoms. The topological polar surface area (TPSA) is 72.6 Å². The van der Waals surface area contributed by atoms with Crippen molar-refractivity contribution in [2.75, 3.05) is 13.1 Å². The summed E-state index contributed by atoms with van der Waals surface area (Å²) in [6.07, 6.45) is 1.51. The Labute approximate surface area is 135 Å². The maximum Gasteiger partial charge on any atom is 0.266 e. The summed E-state index contributed by atoms with van der Waals surface area (Å²) in [7, 11) is 0. The molecule has 1 unspecified atom stereocenters. The van der Waals surface area contributed by atoms with Crippen LogP contribution in [0.3, 0.4) is 0 Å². The first-order chi connectivity index (χ1) is 10.3. The van der Waals surface area contributed by atoms with Crippen molar-refractivity contribution < 1.29 is 14.3 Å². The van der Waals surface area contributed by atoms with Crippen LogP contribution in [0.25, 0.3) is 0 Å². The van der Waals surface area contributed by atoms with Gasteiger partial charge in [-0.05, 0) is 51.0 Å². The number of carbonyl (C=O) groups excluding carboxylic acids is 2. The number of piperidine rings is 1.